The largest absolute Gasteiger partial charge is 0.493 e. The number of hydrogen-bond donors (Lipinski definition) is 1. The lowest BCUT2D eigenvalue weighted by Gasteiger charge is -2.14. The maximum absolute atomic E-state index is 12.4. The molecule has 2 aromatic rings. The molecule has 2 aromatic carbocycles. The molecule has 0 atom stereocenters. The predicted octanol–water partition coefficient (Wildman–Crippen LogP) is 3.69. The highest BCUT2D eigenvalue weighted by Crippen LogP contribution is 2.38. The number of carbonyl (C=O) groups is 1. The van der Waals surface area contributed by atoms with Crippen molar-refractivity contribution in [3.8, 4) is 23.0 Å². The second-order valence-electron chi connectivity index (χ2n) is 5.29. The summed E-state index contributed by atoms with van der Waals surface area (Å²) in [5.74, 6) is 1.86. The van der Waals surface area contributed by atoms with Gasteiger partial charge in [-0.2, -0.15) is 0 Å². The predicted molar refractivity (Wildman–Crippen MR) is 99.9 cm³/mol. The third-order valence-corrected chi connectivity index (χ3v) is 3.97. The van der Waals surface area contributed by atoms with E-state index in [4.69, 9.17) is 30.5 Å². The Labute approximate surface area is 158 Å². The van der Waals surface area contributed by atoms with Crippen LogP contribution in [0.5, 0.6) is 23.0 Å². The van der Waals surface area contributed by atoms with Crippen LogP contribution in [-0.4, -0.2) is 33.8 Å². The molecule has 0 fully saturated rings. The van der Waals surface area contributed by atoms with Crippen LogP contribution < -0.4 is 24.3 Å². The van der Waals surface area contributed by atoms with Crippen molar-refractivity contribution in [1.29, 1.82) is 0 Å². The van der Waals surface area contributed by atoms with E-state index in [9.17, 15) is 4.79 Å². The molecule has 7 heteroatoms. The molecular weight excluding hydrogens is 358 g/mol. The fraction of sp³-hybridized carbons (Fsp3) is 0.316. The summed E-state index contributed by atoms with van der Waals surface area (Å²) < 4.78 is 21.3. The summed E-state index contributed by atoms with van der Waals surface area (Å²) in [7, 11) is 4.63. The van der Waals surface area contributed by atoms with Crippen molar-refractivity contribution >= 4 is 17.5 Å². The van der Waals surface area contributed by atoms with E-state index >= 15 is 0 Å². The van der Waals surface area contributed by atoms with Crippen LogP contribution in [-0.2, 0) is 6.54 Å². The first kappa shape index (κ1) is 19.7. The zero-order chi connectivity index (χ0) is 19.1. The number of benzene rings is 2. The normalized spacial score (nSPS) is 10.2. The van der Waals surface area contributed by atoms with Crippen molar-refractivity contribution < 1.29 is 23.7 Å². The van der Waals surface area contributed by atoms with Crippen LogP contribution in [0.15, 0.2) is 30.3 Å². The minimum Gasteiger partial charge on any atom is -0.493 e. The first-order valence-corrected chi connectivity index (χ1v) is 8.41. The van der Waals surface area contributed by atoms with E-state index in [1.54, 1.807) is 44.6 Å². The van der Waals surface area contributed by atoms with E-state index in [0.717, 1.165) is 5.56 Å². The Morgan fingerprint density at radius 2 is 1.65 bits per heavy atom. The van der Waals surface area contributed by atoms with Crippen molar-refractivity contribution in [2.24, 2.45) is 0 Å². The zero-order valence-electron chi connectivity index (χ0n) is 15.2. The van der Waals surface area contributed by atoms with Gasteiger partial charge in [0.05, 0.1) is 33.0 Å². The fourth-order valence-corrected chi connectivity index (χ4v) is 2.67. The van der Waals surface area contributed by atoms with Gasteiger partial charge < -0.3 is 24.3 Å². The maximum atomic E-state index is 12.4. The number of amides is 1. The van der Waals surface area contributed by atoms with Crippen LogP contribution in [0.25, 0.3) is 0 Å². The number of halogens is 1. The van der Waals surface area contributed by atoms with Gasteiger partial charge in [0, 0.05) is 12.1 Å². The zero-order valence-corrected chi connectivity index (χ0v) is 16.0. The highest BCUT2D eigenvalue weighted by molar-refractivity contribution is 6.32. The number of nitrogens with one attached hydrogen (secondary N) is 1. The van der Waals surface area contributed by atoms with Crippen LogP contribution in [0.4, 0.5) is 0 Å². The van der Waals surface area contributed by atoms with Gasteiger partial charge in [-0.3, -0.25) is 4.79 Å². The number of hydrogen-bond acceptors (Lipinski definition) is 5. The first-order valence-electron chi connectivity index (χ1n) is 8.03. The third-order valence-electron chi connectivity index (χ3n) is 3.67. The van der Waals surface area contributed by atoms with E-state index in [-0.39, 0.29) is 5.91 Å². The van der Waals surface area contributed by atoms with Crippen molar-refractivity contribution in [2.45, 2.75) is 13.5 Å². The standard InChI is InChI=1S/C19H22ClNO5/c1-5-26-15-7-6-13(10-14(15)20)19(22)21-11-12-8-16(23-2)18(25-4)17(9-12)24-3/h6-10H,5,11H2,1-4H3,(H,21,22). The molecule has 0 heterocycles. The van der Waals surface area contributed by atoms with Gasteiger partial charge in [-0.05, 0) is 42.8 Å². The number of rotatable bonds is 8. The maximum Gasteiger partial charge on any atom is 0.251 e. The molecule has 140 valence electrons. The van der Waals surface area contributed by atoms with Crippen LogP contribution >= 0.6 is 11.6 Å². The molecule has 0 aromatic heterocycles. The monoisotopic (exact) mass is 379 g/mol. The lowest BCUT2D eigenvalue weighted by Crippen LogP contribution is -2.22. The minimum atomic E-state index is -0.247. The lowest BCUT2D eigenvalue weighted by molar-refractivity contribution is 0.0951. The van der Waals surface area contributed by atoms with Gasteiger partial charge in [-0.1, -0.05) is 11.6 Å². The molecule has 0 radical (unpaired) electrons. The molecular formula is C19H22ClNO5. The quantitative estimate of drug-likeness (QED) is 0.757. The molecule has 0 unspecified atom stereocenters. The Bertz CT molecular complexity index is 754. The van der Waals surface area contributed by atoms with Crippen molar-refractivity contribution in [3.05, 3.63) is 46.5 Å². The summed E-state index contributed by atoms with van der Waals surface area (Å²) in [4.78, 5) is 12.4. The van der Waals surface area contributed by atoms with Gasteiger partial charge in [-0.25, -0.2) is 0 Å². The highest BCUT2D eigenvalue weighted by atomic mass is 35.5. The molecule has 0 aliphatic rings. The van der Waals surface area contributed by atoms with Gasteiger partial charge in [0.2, 0.25) is 5.75 Å². The van der Waals surface area contributed by atoms with E-state index in [0.29, 0.717) is 46.7 Å². The minimum absolute atomic E-state index is 0.247. The Balaban J connectivity index is 2.13. The van der Waals surface area contributed by atoms with Gasteiger partial charge in [0.1, 0.15) is 5.75 Å². The van der Waals surface area contributed by atoms with Crippen LogP contribution in [0.3, 0.4) is 0 Å². The van der Waals surface area contributed by atoms with Crippen LogP contribution in [0.1, 0.15) is 22.8 Å². The third kappa shape index (κ3) is 4.52. The number of methoxy groups -OCH3 is 3. The van der Waals surface area contributed by atoms with E-state index in [2.05, 4.69) is 5.32 Å². The SMILES string of the molecule is CCOc1ccc(C(=O)NCc2cc(OC)c(OC)c(OC)c2)cc1Cl. The topological polar surface area (TPSA) is 66.0 Å². The molecule has 0 bridgehead atoms. The average Bonchev–Trinajstić information content (AvgIpc) is 2.66. The fourth-order valence-electron chi connectivity index (χ4n) is 2.44. The summed E-state index contributed by atoms with van der Waals surface area (Å²) >= 11 is 6.13. The van der Waals surface area contributed by atoms with Gasteiger partial charge in [0.25, 0.3) is 5.91 Å². The Morgan fingerprint density at radius 3 is 2.15 bits per heavy atom. The Hall–Kier alpha value is -2.60. The average molecular weight is 380 g/mol. The number of carbonyl (C=O) groups excluding carboxylic acids is 1. The smallest absolute Gasteiger partial charge is 0.251 e. The highest BCUT2D eigenvalue weighted by Gasteiger charge is 2.14. The Morgan fingerprint density at radius 1 is 1.00 bits per heavy atom. The molecule has 2 rings (SSSR count). The molecule has 0 spiro atoms. The van der Waals surface area contributed by atoms with Crippen LogP contribution in [0.2, 0.25) is 5.02 Å². The van der Waals surface area contributed by atoms with Crippen LogP contribution in [0, 0.1) is 0 Å². The number of ether oxygens (including phenoxy) is 4. The van der Waals surface area contributed by atoms with E-state index < -0.39 is 0 Å². The second kappa shape index (κ2) is 9.20. The van der Waals surface area contributed by atoms with Gasteiger partial charge in [-0.15, -0.1) is 0 Å². The summed E-state index contributed by atoms with van der Waals surface area (Å²) in [6, 6.07) is 8.50. The Kier molecular flexibility index (Phi) is 6.97. The molecule has 0 saturated heterocycles. The van der Waals surface area contributed by atoms with Gasteiger partial charge in [0.15, 0.2) is 11.5 Å². The molecule has 0 aliphatic carbocycles. The van der Waals surface area contributed by atoms with E-state index in [1.165, 1.54) is 7.11 Å². The molecule has 1 amide bonds. The van der Waals surface area contributed by atoms with E-state index in [1.807, 2.05) is 6.92 Å². The molecule has 0 aliphatic heterocycles. The van der Waals surface area contributed by atoms with Crippen molar-refractivity contribution in [3.63, 3.8) is 0 Å². The summed E-state index contributed by atoms with van der Waals surface area (Å²) in [6.45, 7) is 2.67. The first-order chi connectivity index (χ1) is 12.5. The second-order valence-corrected chi connectivity index (χ2v) is 5.70. The summed E-state index contributed by atoms with van der Waals surface area (Å²) in [6.07, 6.45) is 0. The van der Waals surface area contributed by atoms with Gasteiger partial charge >= 0.3 is 0 Å². The lowest BCUT2D eigenvalue weighted by atomic mass is 10.1. The van der Waals surface area contributed by atoms with Crippen molar-refractivity contribution in [2.75, 3.05) is 27.9 Å². The molecule has 1 N–H and O–H groups in total. The summed E-state index contributed by atoms with van der Waals surface area (Å²) in [5, 5.41) is 3.24. The summed E-state index contributed by atoms with van der Waals surface area (Å²) in [5.41, 5.74) is 1.26. The van der Waals surface area contributed by atoms with Crippen molar-refractivity contribution in [1.82, 2.24) is 5.32 Å². The molecule has 6 nitrogen and oxygen atoms in total. The molecule has 26 heavy (non-hydrogen) atoms. The molecule has 0 saturated carbocycles.